The van der Waals surface area contributed by atoms with Gasteiger partial charge in [-0.25, -0.2) is 0 Å². The predicted molar refractivity (Wildman–Crippen MR) is 37.2 cm³/mol. The van der Waals surface area contributed by atoms with Gasteiger partial charge in [0.25, 0.3) is 0 Å². The summed E-state index contributed by atoms with van der Waals surface area (Å²) in [6.45, 7) is 0. The van der Waals surface area contributed by atoms with Crippen LogP contribution in [0.4, 0.5) is 13.2 Å². The molecule has 0 aromatic carbocycles. The first-order valence-electron chi connectivity index (χ1n) is 2.65. The summed E-state index contributed by atoms with van der Waals surface area (Å²) in [6.07, 6.45) is -3.24. The van der Waals surface area contributed by atoms with Crippen molar-refractivity contribution in [2.45, 2.75) is 10.5 Å². The Morgan fingerprint density at radius 2 is 2.00 bits per heavy atom. The molecule has 1 aromatic rings. The zero-order chi connectivity index (χ0) is 9.35. The molecule has 1 atom stereocenters. The fraction of sp³-hybridized carbons (Fsp3) is 0.500. The lowest BCUT2D eigenvalue weighted by Gasteiger charge is -1.96. The summed E-state index contributed by atoms with van der Waals surface area (Å²) >= 11 is 0.301. The number of halogens is 3. The molecule has 8 heteroatoms. The molecule has 0 fully saturated rings. The van der Waals surface area contributed by atoms with Crippen molar-refractivity contribution in [2.24, 2.45) is 0 Å². The van der Waals surface area contributed by atoms with E-state index < -0.39 is 22.0 Å². The molecule has 68 valence electrons. The first kappa shape index (κ1) is 9.59. The Bertz CT molecular complexity index is 307. The van der Waals surface area contributed by atoms with Gasteiger partial charge in [-0.05, 0) is 0 Å². The van der Waals surface area contributed by atoms with E-state index in [1.54, 1.807) is 0 Å². The molecule has 0 radical (unpaired) electrons. The van der Waals surface area contributed by atoms with Gasteiger partial charge in [0.1, 0.15) is 0 Å². The lowest BCUT2D eigenvalue weighted by Crippen LogP contribution is -2.03. The smallest absolute Gasteiger partial charge is 0.252 e. The van der Waals surface area contributed by atoms with Gasteiger partial charge in [-0.1, -0.05) is 11.3 Å². The number of hydrogen-bond acceptors (Lipinski definition) is 4. The largest absolute Gasteiger partial charge is 0.445 e. The first-order chi connectivity index (χ1) is 5.41. The summed E-state index contributed by atoms with van der Waals surface area (Å²) < 4.78 is 46.1. The third kappa shape index (κ3) is 2.01. The van der Waals surface area contributed by atoms with Crippen LogP contribution in [0.3, 0.4) is 0 Å². The van der Waals surface area contributed by atoms with Gasteiger partial charge in [-0.3, -0.25) is 4.21 Å². The molecule has 0 spiro atoms. The van der Waals surface area contributed by atoms with Crippen molar-refractivity contribution in [2.75, 3.05) is 6.26 Å². The second kappa shape index (κ2) is 3.09. The summed E-state index contributed by atoms with van der Waals surface area (Å²) in [5.74, 6) is 0. The summed E-state index contributed by atoms with van der Waals surface area (Å²) in [7, 11) is -1.50. The van der Waals surface area contributed by atoms with Crippen molar-refractivity contribution >= 4 is 22.1 Å². The van der Waals surface area contributed by atoms with E-state index in [2.05, 4.69) is 10.2 Å². The molecule has 0 unspecified atom stereocenters. The van der Waals surface area contributed by atoms with Crippen molar-refractivity contribution in [3.05, 3.63) is 5.01 Å². The van der Waals surface area contributed by atoms with E-state index >= 15 is 0 Å². The lowest BCUT2D eigenvalue weighted by molar-refractivity contribution is -0.138. The standard InChI is InChI=1S/C4H3F3N2OS2/c1-12(10)3-9-8-2(11-3)4(5,6)7/h1H3/t12-/m1/s1. The highest BCUT2D eigenvalue weighted by atomic mass is 32.2. The molecule has 0 aliphatic rings. The quantitative estimate of drug-likeness (QED) is 0.710. The van der Waals surface area contributed by atoms with Gasteiger partial charge >= 0.3 is 6.18 Å². The van der Waals surface area contributed by atoms with E-state index in [0.717, 1.165) is 0 Å². The third-order valence-corrected chi connectivity index (χ3v) is 3.19. The second-order valence-corrected chi connectivity index (χ2v) is 4.36. The molecule has 3 nitrogen and oxygen atoms in total. The summed E-state index contributed by atoms with van der Waals surface area (Å²) in [5, 5.41) is 4.93. The summed E-state index contributed by atoms with van der Waals surface area (Å²) in [6, 6.07) is 0. The Balaban J connectivity index is 3.00. The Kier molecular flexibility index (Phi) is 2.47. The van der Waals surface area contributed by atoms with Gasteiger partial charge in [0.2, 0.25) is 9.35 Å². The predicted octanol–water partition coefficient (Wildman–Crippen LogP) is 1.29. The third-order valence-electron chi connectivity index (χ3n) is 0.895. The molecule has 1 aromatic heterocycles. The van der Waals surface area contributed by atoms with Crippen molar-refractivity contribution in [1.82, 2.24) is 10.2 Å². The average Bonchev–Trinajstić information content (AvgIpc) is 2.30. The fourth-order valence-corrected chi connectivity index (χ4v) is 1.75. The SMILES string of the molecule is C[S@@](=O)c1nnc(C(F)(F)F)s1. The van der Waals surface area contributed by atoms with E-state index in [0.29, 0.717) is 11.3 Å². The number of nitrogens with zero attached hydrogens (tertiary/aromatic N) is 2. The van der Waals surface area contributed by atoms with Crippen molar-refractivity contribution in [3.8, 4) is 0 Å². The Labute approximate surface area is 72.1 Å². The number of alkyl halides is 3. The molecule has 0 aliphatic carbocycles. The summed E-state index contributed by atoms with van der Waals surface area (Å²) in [5.41, 5.74) is 0. The highest BCUT2D eigenvalue weighted by Gasteiger charge is 2.35. The monoisotopic (exact) mass is 216 g/mol. The van der Waals surface area contributed by atoms with Crippen molar-refractivity contribution in [3.63, 3.8) is 0 Å². The summed E-state index contributed by atoms with van der Waals surface area (Å²) in [4.78, 5) is 0. The molecule has 1 heterocycles. The van der Waals surface area contributed by atoms with Crippen LogP contribution in [0.25, 0.3) is 0 Å². The van der Waals surface area contributed by atoms with Crippen LogP contribution in [0.5, 0.6) is 0 Å². The van der Waals surface area contributed by atoms with Crippen LogP contribution >= 0.6 is 11.3 Å². The second-order valence-electron chi connectivity index (χ2n) is 1.83. The van der Waals surface area contributed by atoms with Crippen LogP contribution in [0.2, 0.25) is 0 Å². The van der Waals surface area contributed by atoms with Gasteiger partial charge in [-0.2, -0.15) is 13.2 Å². The number of rotatable bonds is 1. The van der Waals surface area contributed by atoms with Crippen LogP contribution in [0.1, 0.15) is 5.01 Å². The highest BCUT2D eigenvalue weighted by molar-refractivity contribution is 7.86. The molecule has 1 rings (SSSR count). The van der Waals surface area contributed by atoms with Crippen LogP contribution in [-0.2, 0) is 17.0 Å². The fourth-order valence-electron chi connectivity index (χ4n) is 0.440. The maximum absolute atomic E-state index is 11.9. The maximum Gasteiger partial charge on any atom is 0.445 e. The minimum absolute atomic E-state index is 0.109. The minimum Gasteiger partial charge on any atom is -0.252 e. The van der Waals surface area contributed by atoms with Crippen LogP contribution in [0, 0.1) is 0 Å². The zero-order valence-corrected chi connectivity index (χ0v) is 7.39. The molecular weight excluding hydrogens is 213 g/mol. The Morgan fingerprint density at radius 1 is 1.42 bits per heavy atom. The Hall–Kier alpha value is -0.500. The maximum atomic E-state index is 11.9. The molecular formula is C4H3F3N2OS2. The van der Waals surface area contributed by atoms with E-state index in [4.69, 9.17) is 0 Å². The lowest BCUT2D eigenvalue weighted by atomic mass is 10.7. The van der Waals surface area contributed by atoms with E-state index in [1.165, 1.54) is 6.26 Å². The molecule has 0 amide bonds. The number of aromatic nitrogens is 2. The van der Waals surface area contributed by atoms with Crippen LogP contribution < -0.4 is 0 Å². The van der Waals surface area contributed by atoms with Gasteiger partial charge in [0, 0.05) is 6.26 Å². The molecule has 12 heavy (non-hydrogen) atoms. The van der Waals surface area contributed by atoms with Gasteiger partial charge < -0.3 is 0 Å². The van der Waals surface area contributed by atoms with Gasteiger partial charge in [-0.15, -0.1) is 10.2 Å². The van der Waals surface area contributed by atoms with Crippen molar-refractivity contribution in [1.29, 1.82) is 0 Å². The highest BCUT2D eigenvalue weighted by Crippen LogP contribution is 2.31. The van der Waals surface area contributed by atoms with Crippen LogP contribution in [0.15, 0.2) is 4.34 Å². The minimum atomic E-state index is -4.49. The normalized spacial score (nSPS) is 14.7. The van der Waals surface area contributed by atoms with Crippen molar-refractivity contribution < 1.29 is 17.4 Å². The van der Waals surface area contributed by atoms with E-state index in [9.17, 15) is 17.4 Å². The van der Waals surface area contributed by atoms with E-state index in [-0.39, 0.29) is 4.34 Å². The molecule has 0 saturated carbocycles. The van der Waals surface area contributed by atoms with Gasteiger partial charge in [0.05, 0.1) is 10.8 Å². The average molecular weight is 216 g/mol. The first-order valence-corrected chi connectivity index (χ1v) is 5.03. The van der Waals surface area contributed by atoms with Crippen LogP contribution in [-0.4, -0.2) is 20.7 Å². The molecule has 0 bridgehead atoms. The molecule has 0 aliphatic heterocycles. The Morgan fingerprint density at radius 3 is 2.25 bits per heavy atom. The van der Waals surface area contributed by atoms with E-state index in [1.807, 2.05) is 0 Å². The van der Waals surface area contributed by atoms with Gasteiger partial charge in [0.15, 0.2) is 0 Å². The topological polar surface area (TPSA) is 42.9 Å². The zero-order valence-electron chi connectivity index (χ0n) is 5.75. The molecule has 0 saturated heterocycles. The molecule has 0 N–H and O–H groups in total. The number of hydrogen-bond donors (Lipinski definition) is 0.